The fourth-order valence-electron chi connectivity index (χ4n) is 2.06. The molecular formula is C16H22Cl2FN3OS. The molecule has 0 saturated carbocycles. The topological polar surface area (TPSA) is 45.2 Å². The molecule has 0 saturated heterocycles. The smallest absolute Gasteiger partial charge is 0.265 e. The summed E-state index contributed by atoms with van der Waals surface area (Å²) in [4.78, 5) is 19.2. The zero-order valence-electron chi connectivity index (χ0n) is 13.8. The number of amides is 1. The van der Waals surface area contributed by atoms with Crippen LogP contribution < -0.4 is 5.32 Å². The fraction of sp³-hybridized carbons (Fsp3) is 0.375. The van der Waals surface area contributed by atoms with E-state index in [0.717, 1.165) is 22.8 Å². The predicted octanol–water partition coefficient (Wildman–Crippen LogP) is 3.32. The van der Waals surface area contributed by atoms with E-state index in [9.17, 15) is 9.18 Å². The SMILES string of the molecule is CNCCN(C)C(=O)c1sc(Cc2ccc(F)cc2)nc1C.Cl.Cl. The van der Waals surface area contributed by atoms with Crippen LogP contribution in [0.1, 0.15) is 25.9 Å². The number of benzene rings is 1. The molecule has 0 atom stereocenters. The molecule has 0 bridgehead atoms. The van der Waals surface area contributed by atoms with Crippen molar-refractivity contribution >= 4 is 42.1 Å². The van der Waals surface area contributed by atoms with Crippen molar-refractivity contribution in [2.24, 2.45) is 0 Å². The molecule has 0 aliphatic carbocycles. The predicted molar refractivity (Wildman–Crippen MR) is 101 cm³/mol. The molecule has 0 unspecified atom stereocenters. The zero-order valence-corrected chi connectivity index (χ0v) is 16.3. The van der Waals surface area contributed by atoms with Crippen molar-refractivity contribution in [1.29, 1.82) is 0 Å². The van der Waals surface area contributed by atoms with Gasteiger partial charge in [-0.15, -0.1) is 36.2 Å². The van der Waals surface area contributed by atoms with Crippen molar-refractivity contribution in [1.82, 2.24) is 15.2 Å². The number of aromatic nitrogens is 1. The molecule has 1 N–H and O–H groups in total. The van der Waals surface area contributed by atoms with Crippen LogP contribution >= 0.6 is 36.2 Å². The summed E-state index contributed by atoms with van der Waals surface area (Å²) in [6.07, 6.45) is 0.610. The van der Waals surface area contributed by atoms with Crippen LogP contribution in [0.4, 0.5) is 4.39 Å². The molecule has 0 fully saturated rings. The Morgan fingerprint density at radius 2 is 1.92 bits per heavy atom. The Kier molecular flexibility index (Phi) is 10.1. The molecule has 1 aromatic heterocycles. The van der Waals surface area contributed by atoms with Crippen LogP contribution in [0.15, 0.2) is 24.3 Å². The molecule has 1 heterocycles. The van der Waals surface area contributed by atoms with E-state index in [2.05, 4.69) is 10.3 Å². The Morgan fingerprint density at radius 3 is 2.50 bits per heavy atom. The number of carbonyl (C=O) groups is 1. The molecule has 0 aliphatic heterocycles. The van der Waals surface area contributed by atoms with E-state index in [-0.39, 0.29) is 36.5 Å². The fourth-order valence-corrected chi connectivity index (χ4v) is 3.15. The second-order valence-corrected chi connectivity index (χ2v) is 6.24. The third kappa shape index (κ3) is 6.02. The number of halogens is 3. The van der Waals surface area contributed by atoms with Crippen LogP contribution in [-0.4, -0.2) is 43.0 Å². The lowest BCUT2D eigenvalue weighted by atomic mass is 10.1. The Labute approximate surface area is 158 Å². The molecule has 1 amide bonds. The molecule has 2 rings (SSSR count). The van der Waals surface area contributed by atoms with E-state index in [1.165, 1.54) is 23.5 Å². The zero-order chi connectivity index (χ0) is 16.1. The summed E-state index contributed by atoms with van der Waals surface area (Å²) in [5.74, 6) is -0.253. The Morgan fingerprint density at radius 1 is 1.29 bits per heavy atom. The number of hydrogen-bond acceptors (Lipinski definition) is 4. The largest absolute Gasteiger partial charge is 0.340 e. The Bertz CT molecular complexity index is 649. The first-order chi connectivity index (χ1) is 10.5. The highest BCUT2D eigenvalue weighted by Gasteiger charge is 2.18. The van der Waals surface area contributed by atoms with Crippen molar-refractivity contribution in [3.05, 3.63) is 51.2 Å². The van der Waals surface area contributed by atoms with Crippen molar-refractivity contribution < 1.29 is 9.18 Å². The third-order valence-corrected chi connectivity index (χ3v) is 4.49. The summed E-state index contributed by atoms with van der Waals surface area (Å²) in [6, 6.07) is 6.36. The minimum absolute atomic E-state index is 0. The first kappa shape index (κ1) is 22.8. The third-order valence-electron chi connectivity index (χ3n) is 3.35. The highest BCUT2D eigenvalue weighted by Crippen LogP contribution is 2.22. The molecule has 0 radical (unpaired) electrons. The van der Waals surface area contributed by atoms with Crippen LogP contribution in [0, 0.1) is 12.7 Å². The van der Waals surface area contributed by atoms with Gasteiger partial charge in [-0.25, -0.2) is 9.37 Å². The van der Waals surface area contributed by atoms with Crippen LogP contribution in [0.2, 0.25) is 0 Å². The summed E-state index contributed by atoms with van der Waals surface area (Å²) in [5, 5.41) is 3.90. The minimum atomic E-state index is -0.249. The number of thiazole rings is 1. The average molecular weight is 394 g/mol. The summed E-state index contributed by atoms with van der Waals surface area (Å²) < 4.78 is 12.9. The van der Waals surface area contributed by atoms with E-state index >= 15 is 0 Å². The normalized spacial score (nSPS) is 9.83. The quantitative estimate of drug-likeness (QED) is 0.818. The van der Waals surface area contributed by atoms with Gasteiger partial charge in [-0.2, -0.15) is 0 Å². The van der Waals surface area contributed by atoms with Gasteiger partial charge in [0.1, 0.15) is 10.7 Å². The van der Waals surface area contributed by atoms with Gasteiger partial charge in [-0.3, -0.25) is 4.79 Å². The van der Waals surface area contributed by atoms with Crippen molar-refractivity contribution in [2.45, 2.75) is 13.3 Å². The number of nitrogens with zero attached hydrogens (tertiary/aromatic N) is 2. The van der Waals surface area contributed by atoms with Gasteiger partial charge in [0.2, 0.25) is 0 Å². The van der Waals surface area contributed by atoms with Gasteiger partial charge < -0.3 is 10.2 Å². The van der Waals surface area contributed by atoms with Gasteiger partial charge in [0, 0.05) is 26.6 Å². The molecule has 8 heteroatoms. The maximum atomic E-state index is 12.9. The summed E-state index contributed by atoms with van der Waals surface area (Å²) >= 11 is 1.41. The molecule has 0 spiro atoms. The molecule has 4 nitrogen and oxygen atoms in total. The average Bonchev–Trinajstić information content (AvgIpc) is 2.87. The second kappa shape index (κ2) is 10.6. The van der Waals surface area contributed by atoms with Crippen molar-refractivity contribution in [3.63, 3.8) is 0 Å². The number of aryl methyl sites for hydroxylation is 1. The Balaban J connectivity index is 0.00000264. The van der Waals surface area contributed by atoms with Crippen molar-refractivity contribution in [3.8, 4) is 0 Å². The van der Waals surface area contributed by atoms with E-state index in [1.54, 1.807) is 24.1 Å². The van der Waals surface area contributed by atoms with Crippen LogP contribution in [-0.2, 0) is 6.42 Å². The number of nitrogens with one attached hydrogen (secondary N) is 1. The highest BCUT2D eigenvalue weighted by atomic mass is 35.5. The molecular weight excluding hydrogens is 372 g/mol. The summed E-state index contributed by atoms with van der Waals surface area (Å²) in [5.41, 5.74) is 1.74. The van der Waals surface area contributed by atoms with Gasteiger partial charge >= 0.3 is 0 Å². The number of carbonyl (C=O) groups excluding carboxylic acids is 1. The minimum Gasteiger partial charge on any atom is -0.340 e. The molecule has 2 aromatic rings. The molecule has 0 aliphatic rings. The summed E-state index contributed by atoms with van der Waals surface area (Å²) in [7, 11) is 3.65. The first-order valence-electron chi connectivity index (χ1n) is 7.12. The Hall–Kier alpha value is -1.21. The van der Waals surface area contributed by atoms with Gasteiger partial charge in [-0.1, -0.05) is 12.1 Å². The molecule has 134 valence electrons. The summed E-state index contributed by atoms with van der Waals surface area (Å²) in [6.45, 7) is 3.26. The van der Waals surface area contributed by atoms with E-state index in [0.29, 0.717) is 17.8 Å². The van der Waals surface area contributed by atoms with E-state index < -0.39 is 0 Å². The van der Waals surface area contributed by atoms with Gasteiger partial charge in [0.15, 0.2) is 0 Å². The van der Waals surface area contributed by atoms with Gasteiger partial charge in [0.05, 0.1) is 10.7 Å². The lowest BCUT2D eigenvalue weighted by molar-refractivity contribution is 0.0800. The van der Waals surface area contributed by atoms with Crippen LogP contribution in [0.25, 0.3) is 0 Å². The van der Waals surface area contributed by atoms with Crippen LogP contribution in [0.5, 0.6) is 0 Å². The maximum Gasteiger partial charge on any atom is 0.265 e. The molecule has 1 aromatic carbocycles. The van der Waals surface area contributed by atoms with Crippen LogP contribution in [0.3, 0.4) is 0 Å². The van der Waals surface area contributed by atoms with Crippen molar-refractivity contribution in [2.75, 3.05) is 27.2 Å². The highest BCUT2D eigenvalue weighted by molar-refractivity contribution is 7.13. The number of rotatable bonds is 6. The second-order valence-electron chi connectivity index (χ2n) is 5.16. The molecule has 24 heavy (non-hydrogen) atoms. The lowest BCUT2D eigenvalue weighted by Crippen LogP contribution is -2.32. The standard InChI is InChI=1S/C16H20FN3OS.2ClH/c1-11-15(16(21)20(3)9-8-18-2)22-14(19-11)10-12-4-6-13(17)7-5-12;;/h4-7,18H,8-10H2,1-3H3;2*1H. The maximum absolute atomic E-state index is 12.9. The van der Waals surface area contributed by atoms with E-state index in [1.807, 2.05) is 14.0 Å². The number of hydrogen-bond donors (Lipinski definition) is 1. The monoisotopic (exact) mass is 393 g/mol. The number of likely N-dealkylation sites (N-methyl/N-ethyl adjacent to an activating group) is 2. The first-order valence-corrected chi connectivity index (χ1v) is 7.93. The van der Waals surface area contributed by atoms with Gasteiger partial charge in [0.25, 0.3) is 5.91 Å². The lowest BCUT2D eigenvalue weighted by Gasteiger charge is -2.15. The van der Waals surface area contributed by atoms with E-state index in [4.69, 9.17) is 0 Å². The van der Waals surface area contributed by atoms with Gasteiger partial charge in [-0.05, 0) is 31.7 Å².